The van der Waals surface area contributed by atoms with Gasteiger partial charge in [0.25, 0.3) is 11.5 Å². The minimum atomic E-state index is -0.595. The van der Waals surface area contributed by atoms with Crippen LogP contribution >= 0.6 is 0 Å². The summed E-state index contributed by atoms with van der Waals surface area (Å²) in [7, 11) is 0. The van der Waals surface area contributed by atoms with Crippen LogP contribution in [0.15, 0.2) is 10.9 Å². The molecule has 2 N–H and O–H groups in total. The number of aryl methyl sites for hydroxylation is 1. The first kappa shape index (κ1) is 24.0. The molecule has 0 aromatic carbocycles. The number of nitrogens with zero attached hydrogens (tertiary/aromatic N) is 4. The molecule has 2 fully saturated rings. The van der Waals surface area contributed by atoms with Gasteiger partial charge in [-0.15, -0.1) is 0 Å². The van der Waals surface area contributed by atoms with Crippen molar-refractivity contribution in [2.75, 3.05) is 19.8 Å². The lowest BCUT2D eigenvalue weighted by Crippen LogP contribution is -2.47. The van der Waals surface area contributed by atoms with Gasteiger partial charge in [-0.3, -0.25) is 19.0 Å². The van der Waals surface area contributed by atoms with E-state index in [2.05, 4.69) is 10.4 Å². The van der Waals surface area contributed by atoms with Crippen LogP contribution in [-0.2, 0) is 16.1 Å². The number of morpholine rings is 1. The topological polar surface area (TPSA) is 118 Å². The zero-order chi connectivity index (χ0) is 24.6. The first-order valence-electron chi connectivity index (χ1n) is 11.9. The number of fused-ring (bicyclic) bond motifs is 1. The van der Waals surface area contributed by atoms with Gasteiger partial charge in [0.1, 0.15) is 5.65 Å². The van der Waals surface area contributed by atoms with Crippen molar-refractivity contribution >= 4 is 23.5 Å². The van der Waals surface area contributed by atoms with Gasteiger partial charge in [0.2, 0.25) is 11.8 Å². The van der Waals surface area contributed by atoms with Gasteiger partial charge < -0.3 is 20.1 Å². The average Bonchev–Trinajstić information content (AvgIpc) is 3.55. The number of hydrogen-bond acceptors (Lipinski definition) is 6. The van der Waals surface area contributed by atoms with Crippen LogP contribution < -0.4 is 10.9 Å². The van der Waals surface area contributed by atoms with E-state index in [9.17, 15) is 19.5 Å². The summed E-state index contributed by atoms with van der Waals surface area (Å²) >= 11 is 0. The fourth-order valence-electron chi connectivity index (χ4n) is 4.31. The summed E-state index contributed by atoms with van der Waals surface area (Å²) in [4.78, 5) is 40.9. The normalized spacial score (nSPS) is 18.9. The first-order chi connectivity index (χ1) is 16.2. The van der Waals surface area contributed by atoms with Gasteiger partial charge in [0.05, 0.1) is 24.9 Å². The Morgan fingerprint density at radius 1 is 1.32 bits per heavy atom. The van der Waals surface area contributed by atoms with Crippen molar-refractivity contribution in [2.45, 2.75) is 65.6 Å². The minimum Gasteiger partial charge on any atom is -0.492 e. The third-order valence-corrected chi connectivity index (χ3v) is 6.28. The van der Waals surface area contributed by atoms with Crippen LogP contribution in [0.1, 0.15) is 61.6 Å². The van der Waals surface area contributed by atoms with Crippen molar-refractivity contribution in [3.63, 3.8) is 0 Å². The molecule has 1 aliphatic carbocycles. The van der Waals surface area contributed by atoms with Crippen molar-refractivity contribution in [1.82, 2.24) is 24.4 Å². The fourth-order valence-corrected chi connectivity index (χ4v) is 4.31. The molecule has 2 amide bonds. The van der Waals surface area contributed by atoms with E-state index < -0.39 is 17.3 Å². The van der Waals surface area contributed by atoms with Gasteiger partial charge in [0, 0.05) is 30.8 Å². The standard InChI is InChI=1S/C24H33N5O5/c1-5-17-13-34-11-10-27(17)19(30)9-8-18-15(4)26-29-22(18)28(12-14(2)3)23(32)20(24(29)33)21(31)25-16-6-7-16/h8-9,14,16-17,33H,5-7,10-13H2,1-4H3,(H,25,31)/b9-8+/t17-/m0/s1. The Bertz CT molecular complexity index is 1190. The van der Waals surface area contributed by atoms with Gasteiger partial charge in [-0.25, -0.2) is 0 Å². The lowest BCUT2D eigenvalue weighted by Gasteiger charge is -2.34. The molecular formula is C24H33N5O5. The highest BCUT2D eigenvalue weighted by molar-refractivity contribution is 5.97. The summed E-state index contributed by atoms with van der Waals surface area (Å²) in [5.74, 6) is -1.14. The molecule has 1 saturated carbocycles. The number of ether oxygens (including phenoxy) is 1. The number of carbonyl (C=O) groups excluding carboxylic acids is 2. The molecule has 10 nitrogen and oxygen atoms in total. The molecule has 0 unspecified atom stereocenters. The lowest BCUT2D eigenvalue weighted by molar-refractivity contribution is -0.134. The summed E-state index contributed by atoms with van der Waals surface area (Å²) < 4.78 is 8.19. The Labute approximate surface area is 198 Å². The summed E-state index contributed by atoms with van der Waals surface area (Å²) in [5.41, 5.74) is 0.557. The second kappa shape index (κ2) is 9.61. The van der Waals surface area contributed by atoms with Gasteiger partial charge >= 0.3 is 0 Å². The van der Waals surface area contributed by atoms with Crippen LogP contribution in [0.5, 0.6) is 5.88 Å². The summed E-state index contributed by atoms with van der Waals surface area (Å²) in [6.45, 7) is 9.55. The smallest absolute Gasteiger partial charge is 0.270 e. The molecule has 0 radical (unpaired) electrons. The lowest BCUT2D eigenvalue weighted by atomic mass is 10.1. The molecule has 3 heterocycles. The molecule has 184 valence electrons. The highest BCUT2D eigenvalue weighted by atomic mass is 16.5. The van der Waals surface area contributed by atoms with Gasteiger partial charge in [-0.1, -0.05) is 20.8 Å². The van der Waals surface area contributed by atoms with E-state index in [-0.39, 0.29) is 29.5 Å². The minimum absolute atomic E-state index is 0.0200. The first-order valence-corrected chi connectivity index (χ1v) is 11.9. The second-order valence-corrected chi connectivity index (χ2v) is 9.49. The van der Waals surface area contributed by atoms with Crippen LogP contribution in [0.4, 0.5) is 0 Å². The number of carbonyl (C=O) groups is 2. The average molecular weight is 472 g/mol. The number of nitrogens with one attached hydrogen (secondary N) is 1. The molecule has 0 spiro atoms. The third-order valence-electron chi connectivity index (χ3n) is 6.28. The van der Waals surface area contributed by atoms with E-state index in [1.165, 1.54) is 15.2 Å². The van der Waals surface area contributed by atoms with Crippen LogP contribution in [-0.4, -0.2) is 67.8 Å². The van der Waals surface area contributed by atoms with Gasteiger partial charge in [-0.05, 0) is 38.2 Å². The Hall–Kier alpha value is -3.14. The van der Waals surface area contributed by atoms with Gasteiger partial charge in [-0.2, -0.15) is 9.61 Å². The van der Waals surface area contributed by atoms with E-state index in [4.69, 9.17) is 4.74 Å². The van der Waals surface area contributed by atoms with E-state index in [1.807, 2.05) is 20.8 Å². The molecular weight excluding hydrogens is 438 g/mol. The summed E-state index contributed by atoms with van der Waals surface area (Å²) in [6.07, 6.45) is 5.64. The van der Waals surface area contributed by atoms with E-state index in [0.717, 1.165) is 19.3 Å². The van der Waals surface area contributed by atoms with Crippen molar-refractivity contribution < 1.29 is 19.4 Å². The number of hydrogen-bond donors (Lipinski definition) is 2. The Morgan fingerprint density at radius 2 is 2.06 bits per heavy atom. The molecule has 1 atom stereocenters. The second-order valence-electron chi connectivity index (χ2n) is 9.49. The van der Waals surface area contributed by atoms with Gasteiger partial charge in [0.15, 0.2) is 5.56 Å². The van der Waals surface area contributed by atoms with Crippen LogP contribution in [0.2, 0.25) is 0 Å². The summed E-state index contributed by atoms with van der Waals surface area (Å²) in [5, 5.41) is 18.1. The quantitative estimate of drug-likeness (QED) is 0.594. The molecule has 34 heavy (non-hydrogen) atoms. The Balaban J connectivity index is 1.79. The number of aromatic nitrogens is 3. The third kappa shape index (κ3) is 4.59. The molecule has 1 aliphatic heterocycles. The maximum Gasteiger partial charge on any atom is 0.270 e. The van der Waals surface area contributed by atoms with E-state index in [1.54, 1.807) is 17.9 Å². The molecule has 10 heteroatoms. The van der Waals surface area contributed by atoms with E-state index >= 15 is 0 Å². The largest absolute Gasteiger partial charge is 0.492 e. The Morgan fingerprint density at radius 3 is 2.71 bits per heavy atom. The zero-order valence-corrected chi connectivity index (χ0v) is 20.2. The van der Waals surface area contributed by atoms with Crippen molar-refractivity contribution in [2.24, 2.45) is 5.92 Å². The molecule has 4 rings (SSSR count). The molecule has 2 aliphatic rings. The van der Waals surface area contributed by atoms with Crippen molar-refractivity contribution in [3.05, 3.63) is 33.3 Å². The SMILES string of the molecule is CC[C@H]1COCCN1C(=O)/C=C/c1c(C)nn2c(O)c(C(=O)NC3CC3)c(=O)n(CC(C)C)c12. The Kier molecular flexibility index (Phi) is 6.79. The van der Waals surface area contributed by atoms with Crippen LogP contribution in [0.25, 0.3) is 11.7 Å². The van der Waals surface area contributed by atoms with Crippen LogP contribution in [0.3, 0.4) is 0 Å². The monoisotopic (exact) mass is 471 g/mol. The summed E-state index contributed by atoms with van der Waals surface area (Å²) in [6, 6.07) is 0.0585. The number of aromatic hydroxyl groups is 1. The molecule has 0 bridgehead atoms. The predicted molar refractivity (Wildman–Crippen MR) is 127 cm³/mol. The van der Waals surface area contributed by atoms with Crippen LogP contribution in [0, 0.1) is 12.8 Å². The molecule has 2 aromatic heterocycles. The highest BCUT2D eigenvalue weighted by Crippen LogP contribution is 2.25. The maximum absolute atomic E-state index is 13.4. The number of rotatable bonds is 7. The van der Waals surface area contributed by atoms with E-state index in [0.29, 0.717) is 43.2 Å². The fraction of sp³-hybridized carbons (Fsp3) is 0.583. The van der Waals surface area contributed by atoms with Crippen molar-refractivity contribution in [1.29, 1.82) is 0 Å². The molecule has 2 aromatic rings. The maximum atomic E-state index is 13.4. The molecule has 1 saturated heterocycles. The predicted octanol–water partition coefficient (Wildman–Crippen LogP) is 1.71. The van der Waals surface area contributed by atoms with Crippen molar-refractivity contribution in [3.8, 4) is 5.88 Å². The number of amides is 2. The highest BCUT2D eigenvalue weighted by Gasteiger charge is 2.30. The zero-order valence-electron chi connectivity index (χ0n) is 20.2.